The lowest BCUT2D eigenvalue weighted by Crippen LogP contribution is -2.00. The number of carboxylic acids is 1. The SMILES string of the molecule is Cc1nnc(Sc2ccc(Br)cc2C(=O)O)n1C. The second kappa shape index (κ2) is 5.11. The largest absolute Gasteiger partial charge is 0.478 e. The first-order chi connectivity index (χ1) is 8.49. The fraction of sp³-hybridized carbons (Fsp3) is 0.182. The molecule has 0 unspecified atom stereocenters. The molecular weight excluding hydrogens is 318 g/mol. The number of halogens is 1. The van der Waals surface area contributed by atoms with Gasteiger partial charge >= 0.3 is 5.97 Å². The molecule has 0 amide bonds. The Hall–Kier alpha value is -1.34. The van der Waals surface area contributed by atoms with Gasteiger partial charge in [-0.3, -0.25) is 0 Å². The van der Waals surface area contributed by atoms with Gasteiger partial charge in [0.25, 0.3) is 0 Å². The highest BCUT2D eigenvalue weighted by molar-refractivity contribution is 9.10. The fourth-order valence-corrected chi connectivity index (χ4v) is 2.63. The molecule has 0 saturated heterocycles. The van der Waals surface area contributed by atoms with Gasteiger partial charge in [-0.2, -0.15) is 0 Å². The summed E-state index contributed by atoms with van der Waals surface area (Å²) in [6.07, 6.45) is 0. The molecule has 1 aromatic heterocycles. The van der Waals surface area contributed by atoms with Crippen molar-refractivity contribution in [3.05, 3.63) is 34.1 Å². The van der Waals surface area contributed by atoms with Gasteiger partial charge in [-0.15, -0.1) is 10.2 Å². The van der Waals surface area contributed by atoms with Crippen LogP contribution in [-0.4, -0.2) is 25.8 Å². The van der Waals surface area contributed by atoms with Gasteiger partial charge in [0.2, 0.25) is 0 Å². The lowest BCUT2D eigenvalue weighted by molar-refractivity contribution is 0.0693. The van der Waals surface area contributed by atoms with E-state index in [0.717, 1.165) is 10.3 Å². The van der Waals surface area contributed by atoms with Gasteiger partial charge < -0.3 is 9.67 Å². The van der Waals surface area contributed by atoms with Crippen molar-refractivity contribution in [1.82, 2.24) is 14.8 Å². The van der Waals surface area contributed by atoms with Crippen molar-refractivity contribution in [1.29, 1.82) is 0 Å². The van der Waals surface area contributed by atoms with Crippen molar-refractivity contribution in [3.8, 4) is 0 Å². The van der Waals surface area contributed by atoms with Crippen molar-refractivity contribution in [2.75, 3.05) is 0 Å². The molecular formula is C11H10BrN3O2S. The lowest BCUT2D eigenvalue weighted by Gasteiger charge is -2.05. The third-order valence-electron chi connectivity index (χ3n) is 2.43. The monoisotopic (exact) mass is 327 g/mol. The molecule has 0 aliphatic heterocycles. The van der Waals surface area contributed by atoms with Gasteiger partial charge in [0, 0.05) is 16.4 Å². The number of nitrogens with zero attached hydrogens (tertiary/aromatic N) is 3. The topological polar surface area (TPSA) is 68.0 Å². The molecule has 0 radical (unpaired) electrons. The Morgan fingerprint density at radius 3 is 2.72 bits per heavy atom. The molecule has 1 aromatic carbocycles. The van der Waals surface area contributed by atoms with E-state index in [2.05, 4.69) is 26.1 Å². The summed E-state index contributed by atoms with van der Waals surface area (Å²) in [6, 6.07) is 5.13. The van der Waals surface area contributed by atoms with Gasteiger partial charge in [-0.1, -0.05) is 15.9 Å². The van der Waals surface area contributed by atoms with Crippen LogP contribution in [-0.2, 0) is 7.05 Å². The van der Waals surface area contributed by atoms with Crippen molar-refractivity contribution < 1.29 is 9.90 Å². The number of hydrogen-bond donors (Lipinski definition) is 1. The summed E-state index contributed by atoms with van der Waals surface area (Å²) in [6.45, 7) is 1.84. The van der Waals surface area contributed by atoms with Crippen LogP contribution in [0.4, 0.5) is 0 Å². The van der Waals surface area contributed by atoms with Crippen molar-refractivity contribution in [3.63, 3.8) is 0 Å². The van der Waals surface area contributed by atoms with E-state index < -0.39 is 5.97 Å². The van der Waals surface area contributed by atoms with E-state index in [1.54, 1.807) is 18.2 Å². The van der Waals surface area contributed by atoms with Crippen LogP contribution in [0, 0.1) is 6.92 Å². The average molecular weight is 328 g/mol. The zero-order chi connectivity index (χ0) is 13.3. The molecule has 0 aliphatic rings. The van der Waals surface area contributed by atoms with E-state index >= 15 is 0 Å². The van der Waals surface area contributed by atoms with Gasteiger partial charge in [0.15, 0.2) is 5.16 Å². The molecule has 0 spiro atoms. The van der Waals surface area contributed by atoms with E-state index in [-0.39, 0.29) is 5.56 Å². The average Bonchev–Trinajstić information content (AvgIpc) is 2.63. The number of aryl methyl sites for hydroxylation is 1. The first-order valence-electron chi connectivity index (χ1n) is 5.05. The molecule has 0 fully saturated rings. The molecule has 5 nitrogen and oxygen atoms in total. The molecule has 0 aliphatic carbocycles. The van der Waals surface area contributed by atoms with Crippen LogP contribution in [0.25, 0.3) is 0 Å². The zero-order valence-corrected chi connectivity index (χ0v) is 12.1. The van der Waals surface area contributed by atoms with Crippen LogP contribution in [0.3, 0.4) is 0 Å². The highest BCUT2D eigenvalue weighted by Crippen LogP contribution is 2.31. The Morgan fingerprint density at radius 1 is 1.44 bits per heavy atom. The molecule has 0 bridgehead atoms. The summed E-state index contributed by atoms with van der Waals surface area (Å²) in [5, 5.41) is 17.8. The molecule has 1 heterocycles. The maximum Gasteiger partial charge on any atom is 0.336 e. The highest BCUT2D eigenvalue weighted by atomic mass is 79.9. The fourth-order valence-electron chi connectivity index (χ4n) is 1.33. The number of carbonyl (C=O) groups is 1. The van der Waals surface area contributed by atoms with E-state index in [1.807, 2.05) is 18.5 Å². The van der Waals surface area contributed by atoms with E-state index in [9.17, 15) is 4.79 Å². The Bertz CT molecular complexity index is 612. The minimum absolute atomic E-state index is 0.245. The van der Waals surface area contributed by atoms with Crippen LogP contribution >= 0.6 is 27.7 Å². The minimum atomic E-state index is -0.960. The first-order valence-corrected chi connectivity index (χ1v) is 6.66. The molecule has 2 aromatic rings. The number of aromatic carboxylic acids is 1. The van der Waals surface area contributed by atoms with Crippen molar-refractivity contribution >= 4 is 33.7 Å². The lowest BCUT2D eigenvalue weighted by atomic mass is 10.2. The second-order valence-electron chi connectivity index (χ2n) is 3.64. The van der Waals surface area contributed by atoms with Gasteiger partial charge in [0.05, 0.1) is 5.56 Å². The Morgan fingerprint density at radius 2 is 2.17 bits per heavy atom. The molecule has 0 atom stereocenters. The number of benzene rings is 1. The standard InChI is InChI=1S/C11H10BrN3O2S/c1-6-13-14-11(15(6)2)18-9-4-3-7(12)5-8(9)10(16)17/h3-5H,1-2H3,(H,16,17). The highest BCUT2D eigenvalue weighted by Gasteiger charge is 2.14. The molecule has 2 rings (SSSR count). The number of aromatic nitrogens is 3. The smallest absolute Gasteiger partial charge is 0.336 e. The maximum atomic E-state index is 11.2. The van der Waals surface area contributed by atoms with Crippen molar-refractivity contribution in [2.24, 2.45) is 7.05 Å². The predicted octanol–water partition coefficient (Wildman–Crippen LogP) is 2.74. The Balaban J connectivity index is 2.40. The number of rotatable bonds is 3. The Labute approximate surface area is 116 Å². The van der Waals surface area contributed by atoms with Gasteiger partial charge in [-0.05, 0) is 36.9 Å². The summed E-state index contributed by atoms with van der Waals surface area (Å²) >= 11 is 4.55. The number of hydrogen-bond acceptors (Lipinski definition) is 4. The molecule has 7 heteroatoms. The minimum Gasteiger partial charge on any atom is -0.478 e. The van der Waals surface area contributed by atoms with Crippen LogP contribution < -0.4 is 0 Å². The van der Waals surface area contributed by atoms with Crippen LogP contribution in [0.2, 0.25) is 0 Å². The summed E-state index contributed by atoms with van der Waals surface area (Å²) in [7, 11) is 1.84. The predicted molar refractivity (Wildman–Crippen MR) is 71.0 cm³/mol. The van der Waals surface area contributed by atoms with Crippen LogP contribution in [0.5, 0.6) is 0 Å². The van der Waals surface area contributed by atoms with E-state index in [1.165, 1.54) is 11.8 Å². The van der Waals surface area contributed by atoms with E-state index in [4.69, 9.17) is 5.11 Å². The molecule has 0 saturated carbocycles. The quantitative estimate of drug-likeness (QED) is 0.938. The van der Waals surface area contributed by atoms with Crippen LogP contribution in [0.1, 0.15) is 16.2 Å². The van der Waals surface area contributed by atoms with Crippen LogP contribution in [0.15, 0.2) is 32.7 Å². The Kier molecular flexibility index (Phi) is 3.72. The summed E-state index contributed by atoms with van der Waals surface area (Å²) < 4.78 is 2.55. The van der Waals surface area contributed by atoms with Gasteiger partial charge in [0.1, 0.15) is 5.82 Å². The zero-order valence-electron chi connectivity index (χ0n) is 9.72. The second-order valence-corrected chi connectivity index (χ2v) is 5.56. The van der Waals surface area contributed by atoms with Crippen molar-refractivity contribution in [2.45, 2.75) is 17.0 Å². The summed E-state index contributed by atoms with van der Waals surface area (Å²) in [4.78, 5) is 11.8. The third kappa shape index (κ3) is 2.56. The van der Waals surface area contributed by atoms with Gasteiger partial charge in [-0.25, -0.2) is 4.79 Å². The normalized spacial score (nSPS) is 10.6. The molecule has 1 N–H and O–H groups in total. The summed E-state index contributed by atoms with van der Waals surface area (Å²) in [5.41, 5.74) is 0.245. The number of carboxylic acid groups (broad SMARTS) is 1. The van der Waals surface area contributed by atoms with E-state index in [0.29, 0.717) is 10.1 Å². The first kappa shape index (κ1) is 13.1. The molecule has 18 heavy (non-hydrogen) atoms. The maximum absolute atomic E-state index is 11.2. The summed E-state index contributed by atoms with van der Waals surface area (Å²) in [5.74, 6) is -0.177. The molecule has 94 valence electrons. The third-order valence-corrected chi connectivity index (χ3v) is 4.03.